The van der Waals surface area contributed by atoms with Crippen molar-refractivity contribution in [3.63, 3.8) is 0 Å². The molecule has 0 bridgehead atoms. The molecule has 1 aromatic heterocycles. The fourth-order valence-corrected chi connectivity index (χ4v) is 3.77. The van der Waals surface area contributed by atoms with E-state index in [-0.39, 0.29) is 35.0 Å². The molecule has 2 aromatic carbocycles. The van der Waals surface area contributed by atoms with Gasteiger partial charge in [0.25, 0.3) is 5.91 Å². The summed E-state index contributed by atoms with van der Waals surface area (Å²) >= 11 is 0. The van der Waals surface area contributed by atoms with Crippen molar-refractivity contribution in [1.29, 1.82) is 0 Å². The van der Waals surface area contributed by atoms with Gasteiger partial charge < -0.3 is 15.4 Å². The number of methoxy groups -OCH3 is 1. The van der Waals surface area contributed by atoms with Gasteiger partial charge in [-0.1, -0.05) is 24.3 Å². The maximum Gasteiger partial charge on any atom is 0.262 e. The van der Waals surface area contributed by atoms with Crippen molar-refractivity contribution in [2.24, 2.45) is 0 Å². The average Bonchev–Trinajstić information content (AvgIpc) is 2.96. The van der Waals surface area contributed by atoms with Crippen LogP contribution in [0.4, 0.5) is 14.5 Å². The molecule has 0 saturated carbocycles. The molecule has 0 atom stereocenters. The summed E-state index contributed by atoms with van der Waals surface area (Å²) in [6.45, 7) is 0.256. The highest BCUT2D eigenvalue weighted by atomic mass is 19.1. The van der Waals surface area contributed by atoms with E-state index in [0.29, 0.717) is 22.2 Å². The largest absolute Gasteiger partial charge is 0.497 e. The summed E-state index contributed by atoms with van der Waals surface area (Å²) in [6, 6.07) is 7.16. The Bertz CT molecular complexity index is 1260. The summed E-state index contributed by atoms with van der Waals surface area (Å²) in [5.41, 5.74) is 8.59. The zero-order valence-corrected chi connectivity index (χ0v) is 15.4. The summed E-state index contributed by atoms with van der Waals surface area (Å²) in [5.74, 6) is -1.68. The van der Waals surface area contributed by atoms with Crippen LogP contribution >= 0.6 is 0 Å². The van der Waals surface area contributed by atoms with E-state index in [1.807, 2.05) is 18.2 Å². The van der Waals surface area contributed by atoms with E-state index in [0.717, 1.165) is 17.8 Å². The second-order valence-corrected chi connectivity index (χ2v) is 6.86. The zero-order valence-electron chi connectivity index (χ0n) is 15.4. The molecule has 144 valence electrons. The number of rotatable bonds is 3. The van der Waals surface area contributed by atoms with E-state index >= 15 is 0 Å². The second-order valence-electron chi connectivity index (χ2n) is 6.86. The van der Waals surface area contributed by atoms with E-state index in [1.165, 1.54) is 7.11 Å². The van der Waals surface area contributed by atoms with E-state index in [2.05, 4.69) is 4.98 Å². The highest BCUT2D eigenvalue weighted by molar-refractivity contribution is 6.12. The summed E-state index contributed by atoms with van der Waals surface area (Å²) in [4.78, 5) is 19.0. The Hall–Kier alpha value is -3.74. The molecule has 29 heavy (non-hydrogen) atoms. The third-order valence-electron chi connectivity index (χ3n) is 5.26. The highest BCUT2D eigenvalue weighted by Crippen LogP contribution is 2.39. The summed E-state index contributed by atoms with van der Waals surface area (Å²) in [6.07, 6.45) is 5.49. The van der Waals surface area contributed by atoms with Gasteiger partial charge in [-0.2, -0.15) is 0 Å². The predicted molar refractivity (Wildman–Crippen MR) is 105 cm³/mol. The fourth-order valence-electron chi connectivity index (χ4n) is 3.77. The standard InChI is InChI=1S/C22H15F2N3O2/c1-29-12-8-15(23)18(16(24)9-12)13-6-3-7-14-20(25)19-17(26-21(13)14)10-27(22(19)28)11-4-2-5-11/h2-9H,10H2,1H3,(H2,25,26). The smallest absolute Gasteiger partial charge is 0.262 e. The normalized spacial score (nSPS) is 14.8. The van der Waals surface area contributed by atoms with Crippen LogP contribution < -0.4 is 10.5 Å². The van der Waals surface area contributed by atoms with Crippen molar-refractivity contribution >= 4 is 22.5 Å². The number of hydrogen-bond donors (Lipinski definition) is 1. The van der Waals surface area contributed by atoms with Crippen LogP contribution in [0.3, 0.4) is 0 Å². The van der Waals surface area contributed by atoms with Crippen LogP contribution in [0.15, 0.2) is 54.3 Å². The Morgan fingerprint density at radius 2 is 1.90 bits per heavy atom. The average molecular weight is 391 g/mol. The molecule has 5 nitrogen and oxygen atoms in total. The van der Waals surface area contributed by atoms with Crippen LogP contribution in [0, 0.1) is 11.6 Å². The Kier molecular flexibility index (Phi) is 3.67. The quantitative estimate of drug-likeness (QED) is 0.727. The highest BCUT2D eigenvalue weighted by Gasteiger charge is 2.34. The third kappa shape index (κ3) is 2.44. The Morgan fingerprint density at radius 3 is 2.52 bits per heavy atom. The van der Waals surface area contributed by atoms with Crippen LogP contribution in [0.1, 0.15) is 16.1 Å². The lowest BCUT2D eigenvalue weighted by Gasteiger charge is -2.19. The topological polar surface area (TPSA) is 68.5 Å². The van der Waals surface area contributed by atoms with E-state index in [4.69, 9.17) is 10.5 Å². The number of pyridine rings is 1. The molecule has 0 saturated heterocycles. The Labute approximate surface area is 164 Å². The van der Waals surface area contributed by atoms with Crippen molar-refractivity contribution in [2.75, 3.05) is 12.8 Å². The molecule has 0 spiro atoms. The van der Waals surface area contributed by atoms with E-state index in [9.17, 15) is 13.6 Å². The van der Waals surface area contributed by atoms with Gasteiger partial charge in [-0.25, -0.2) is 13.8 Å². The first-order valence-corrected chi connectivity index (χ1v) is 8.94. The van der Waals surface area contributed by atoms with Crippen LogP contribution in [0.25, 0.3) is 22.0 Å². The Morgan fingerprint density at radius 1 is 1.17 bits per heavy atom. The maximum absolute atomic E-state index is 14.7. The van der Waals surface area contributed by atoms with Gasteiger partial charge >= 0.3 is 0 Å². The number of nitrogens with zero attached hydrogens (tertiary/aromatic N) is 2. The number of amides is 1. The van der Waals surface area contributed by atoms with Gasteiger partial charge in [-0.05, 0) is 12.2 Å². The van der Waals surface area contributed by atoms with Crippen molar-refractivity contribution in [3.05, 3.63) is 77.1 Å². The number of nitrogens with two attached hydrogens (primary N) is 1. The summed E-state index contributed by atoms with van der Waals surface area (Å²) in [5, 5.41) is 0.476. The molecule has 2 N–H and O–H groups in total. The minimum absolute atomic E-state index is 0.0837. The number of carbonyl (C=O) groups excluding carboxylic acids is 1. The van der Waals surface area contributed by atoms with Crippen molar-refractivity contribution in [1.82, 2.24) is 9.88 Å². The molecule has 2 heterocycles. The van der Waals surface area contributed by atoms with Crippen molar-refractivity contribution in [2.45, 2.75) is 6.54 Å². The molecule has 2 aliphatic rings. The summed E-state index contributed by atoms with van der Waals surface area (Å²) < 4.78 is 34.4. The van der Waals surface area contributed by atoms with E-state index < -0.39 is 11.6 Å². The molecular formula is C22H15F2N3O2. The molecule has 1 amide bonds. The lowest BCUT2D eigenvalue weighted by atomic mass is 9.98. The Balaban J connectivity index is 1.74. The number of ether oxygens (including phenoxy) is 1. The van der Waals surface area contributed by atoms with Gasteiger partial charge in [0.15, 0.2) is 0 Å². The lowest BCUT2D eigenvalue weighted by Crippen LogP contribution is -2.24. The van der Waals surface area contributed by atoms with Gasteiger partial charge in [0.1, 0.15) is 17.4 Å². The third-order valence-corrected chi connectivity index (χ3v) is 5.26. The number of fused-ring (bicyclic) bond motifs is 2. The van der Waals surface area contributed by atoms with Gasteiger partial charge in [0, 0.05) is 28.8 Å². The van der Waals surface area contributed by atoms with Crippen LogP contribution in [0.5, 0.6) is 5.75 Å². The number of benzene rings is 2. The number of hydrogen-bond acceptors (Lipinski definition) is 4. The number of aromatic nitrogens is 1. The molecule has 0 fully saturated rings. The minimum Gasteiger partial charge on any atom is -0.497 e. The lowest BCUT2D eigenvalue weighted by molar-refractivity contribution is 0.0831. The number of nitrogen functional groups attached to an aromatic ring is 1. The van der Waals surface area contributed by atoms with Crippen LogP contribution in [-0.2, 0) is 6.54 Å². The van der Waals surface area contributed by atoms with Gasteiger partial charge in [-0.15, -0.1) is 0 Å². The molecule has 1 aliphatic carbocycles. The first-order chi connectivity index (χ1) is 14.0. The zero-order chi connectivity index (χ0) is 20.3. The number of anilines is 1. The number of allylic oxidation sites excluding steroid dienone is 3. The van der Waals surface area contributed by atoms with Crippen molar-refractivity contribution in [3.8, 4) is 16.9 Å². The number of para-hydroxylation sites is 1. The molecule has 1 aliphatic heterocycles. The second kappa shape index (κ2) is 6.13. The fraction of sp³-hybridized carbons (Fsp3) is 0.0909. The minimum atomic E-state index is -0.766. The first kappa shape index (κ1) is 17.4. The molecule has 0 radical (unpaired) electrons. The molecular weight excluding hydrogens is 376 g/mol. The maximum atomic E-state index is 14.7. The summed E-state index contributed by atoms with van der Waals surface area (Å²) in [7, 11) is 1.34. The number of halogens is 2. The SMILES string of the molecule is COc1cc(F)c(-c2cccc3c(N)c4c(nc23)CN(C2=CC=C2)C4=O)c(F)c1. The van der Waals surface area contributed by atoms with Gasteiger partial charge in [-0.3, -0.25) is 4.79 Å². The van der Waals surface area contributed by atoms with Gasteiger partial charge in [0.2, 0.25) is 0 Å². The molecule has 7 heteroatoms. The molecule has 0 unspecified atom stereocenters. The predicted octanol–water partition coefficient (Wildman–Crippen LogP) is 4.18. The van der Waals surface area contributed by atoms with Crippen LogP contribution in [0.2, 0.25) is 0 Å². The van der Waals surface area contributed by atoms with Gasteiger partial charge in [0.05, 0.1) is 41.7 Å². The van der Waals surface area contributed by atoms with E-state index in [1.54, 1.807) is 23.1 Å². The van der Waals surface area contributed by atoms with Crippen molar-refractivity contribution < 1.29 is 18.3 Å². The number of carbonyl (C=O) groups is 1. The monoisotopic (exact) mass is 391 g/mol. The van der Waals surface area contributed by atoms with Crippen LogP contribution in [-0.4, -0.2) is 22.9 Å². The first-order valence-electron chi connectivity index (χ1n) is 8.94. The molecule has 5 rings (SSSR count). The molecule has 3 aromatic rings.